The summed E-state index contributed by atoms with van der Waals surface area (Å²) in [6.07, 6.45) is 0. The molecule has 0 radical (unpaired) electrons. The van der Waals surface area contributed by atoms with Crippen LogP contribution in [0.4, 0.5) is 0 Å². The largest absolute Gasteiger partial charge is 0.0726 e. The first-order chi connectivity index (χ1) is 31.3. The molecule has 0 N–H and O–H groups in total. The van der Waals surface area contributed by atoms with Gasteiger partial charge in [-0.15, -0.1) is 0 Å². The van der Waals surface area contributed by atoms with Gasteiger partial charge in [-0.1, -0.05) is 206 Å². The molecule has 0 heterocycles. The molecular weight excluding hydrogens is 757 g/mol. The van der Waals surface area contributed by atoms with Crippen LogP contribution in [0.3, 0.4) is 0 Å². The molecule has 0 bridgehead atoms. The summed E-state index contributed by atoms with van der Waals surface area (Å²) in [5.41, 5.74) is 17.8. The third-order valence-corrected chi connectivity index (χ3v) is 14.4. The average Bonchev–Trinajstić information content (AvgIpc) is 3.81. The molecule has 0 amide bonds. The summed E-state index contributed by atoms with van der Waals surface area (Å²) >= 11 is 0. The molecule has 0 saturated carbocycles. The van der Waals surface area contributed by atoms with Crippen molar-refractivity contribution in [2.75, 3.05) is 0 Å². The van der Waals surface area contributed by atoms with Crippen molar-refractivity contribution >= 4 is 53.9 Å². The van der Waals surface area contributed by atoms with Gasteiger partial charge in [-0.25, -0.2) is 0 Å². The summed E-state index contributed by atoms with van der Waals surface area (Å²) in [6, 6.07) is 86.8. The van der Waals surface area contributed by atoms with E-state index < -0.39 is 5.41 Å². The number of benzene rings is 12. The van der Waals surface area contributed by atoms with Gasteiger partial charge in [0, 0.05) is 0 Å². The van der Waals surface area contributed by atoms with Crippen molar-refractivity contribution in [2.45, 2.75) is 5.41 Å². The van der Waals surface area contributed by atoms with Crippen molar-refractivity contribution in [2.24, 2.45) is 0 Å². The van der Waals surface area contributed by atoms with E-state index >= 15 is 0 Å². The van der Waals surface area contributed by atoms with Crippen molar-refractivity contribution in [3.63, 3.8) is 0 Å². The van der Waals surface area contributed by atoms with Crippen molar-refractivity contribution in [3.05, 3.63) is 253 Å². The van der Waals surface area contributed by atoms with E-state index in [9.17, 15) is 0 Å². The first-order valence-electron chi connectivity index (χ1n) is 22.1. The minimum Gasteiger partial charge on any atom is -0.0619 e. The van der Waals surface area contributed by atoms with Gasteiger partial charge in [-0.2, -0.15) is 0 Å². The van der Waals surface area contributed by atoms with Crippen LogP contribution in [0.5, 0.6) is 0 Å². The highest BCUT2D eigenvalue weighted by Gasteiger charge is 2.52. The monoisotopic (exact) mass is 794 g/mol. The lowest BCUT2D eigenvalue weighted by atomic mass is 9.69. The number of rotatable bonds is 3. The third-order valence-electron chi connectivity index (χ3n) is 14.4. The Hall–Kier alpha value is -8.06. The maximum absolute atomic E-state index is 2.60. The second kappa shape index (κ2) is 13.0. The molecule has 12 aromatic carbocycles. The Kier molecular flexibility index (Phi) is 7.13. The summed E-state index contributed by atoms with van der Waals surface area (Å²) in [6.45, 7) is 0. The smallest absolute Gasteiger partial charge is 0.0619 e. The summed E-state index contributed by atoms with van der Waals surface area (Å²) < 4.78 is 0. The van der Waals surface area contributed by atoms with E-state index in [-0.39, 0.29) is 0 Å². The lowest BCUT2D eigenvalue weighted by molar-refractivity contribution is 0.796. The Morgan fingerprint density at radius 2 is 0.651 bits per heavy atom. The summed E-state index contributed by atoms with van der Waals surface area (Å²) in [7, 11) is 0. The maximum Gasteiger partial charge on any atom is 0.0726 e. The van der Waals surface area contributed by atoms with E-state index in [2.05, 4.69) is 231 Å². The molecule has 0 aromatic heterocycles. The van der Waals surface area contributed by atoms with E-state index in [0.29, 0.717) is 0 Å². The van der Waals surface area contributed by atoms with E-state index in [1.54, 1.807) is 0 Å². The molecule has 290 valence electrons. The molecular formula is C63H38. The van der Waals surface area contributed by atoms with Gasteiger partial charge in [0.2, 0.25) is 0 Å². The average molecular weight is 795 g/mol. The van der Waals surface area contributed by atoms with E-state index in [1.807, 2.05) is 0 Å². The van der Waals surface area contributed by atoms with Crippen LogP contribution < -0.4 is 0 Å². The second-order valence-corrected chi connectivity index (χ2v) is 17.5. The molecule has 2 aliphatic carbocycles. The Bertz CT molecular complexity index is 3800. The minimum atomic E-state index is -0.487. The van der Waals surface area contributed by atoms with Crippen LogP contribution in [0.25, 0.3) is 109 Å². The minimum absolute atomic E-state index is 0.487. The molecule has 63 heavy (non-hydrogen) atoms. The van der Waals surface area contributed by atoms with Crippen LogP contribution in [0.1, 0.15) is 22.3 Å². The third kappa shape index (κ3) is 4.70. The molecule has 2 aliphatic rings. The lowest BCUT2D eigenvalue weighted by Gasteiger charge is -2.31. The number of hydrogen-bond acceptors (Lipinski definition) is 0. The summed E-state index contributed by atoms with van der Waals surface area (Å²) in [5.74, 6) is 0. The zero-order chi connectivity index (χ0) is 41.2. The highest BCUT2D eigenvalue weighted by molar-refractivity contribution is 6.25. The number of hydrogen-bond donors (Lipinski definition) is 0. The van der Waals surface area contributed by atoms with Crippen LogP contribution in [0.15, 0.2) is 231 Å². The Morgan fingerprint density at radius 1 is 0.206 bits per heavy atom. The molecule has 0 fully saturated rings. The Morgan fingerprint density at radius 3 is 1.27 bits per heavy atom. The van der Waals surface area contributed by atoms with Crippen molar-refractivity contribution in [3.8, 4) is 55.6 Å². The quantitative estimate of drug-likeness (QED) is 0.156. The highest BCUT2D eigenvalue weighted by Crippen LogP contribution is 2.65. The first kappa shape index (κ1) is 34.6. The van der Waals surface area contributed by atoms with Gasteiger partial charge < -0.3 is 0 Å². The van der Waals surface area contributed by atoms with Crippen LogP contribution in [0.2, 0.25) is 0 Å². The second-order valence-electron chi connectivity index (χ2n) is 17.5. The van der Waals surface area contributed by atoms with Crippen molar-refractivity contribution in [1.82, 2.24) is 0 Å². The van der Waals surface area contributed by atoms with Gasteiger partial charge in [-0.3, -0.25) is 0 Å². The van der Waals surface area contributed by atoms with E-state index in [4.69, 9.17) is 0 Å². The van der Waals surface area contributed by atoms with Crippen molar-refractivity contribution in [1.29, 1.82) is 0 Å². The van der Waals surface area contributed by atoms with Gasteiger partial charge in [0.05, 0.1) is 5.41 Å². The maximum atomic E-state index is 2.60. The molecule has 0 unspecified atom stereocenters. The fourth-order valence-electron chi connectivity index (χ4n) is 11.8. The predicted octanol–water partition coefficient (Wildman–Crippen LogP) is 16.8. The zero-order valence-corrected chi connectivity index (χ0v) is 34.4. The molecule has 1 spiro atoms. The van der Waals surface area contributed by atoms with E-state index in [0.717, 1.165) is 0 Å². The molecule has 0 atom stereocenters. The van der Waals surface area contributed by atoms with Gasteiger partial charge in [0.25, 0.3) is 0 Å². The fourth-order valence-corrected chi connectivity index (χ4v) is 11.8. The SMILES string of the molecule is c1ccc2c(c1)-c1ccccc1C21c2cc3ccccc3cc2-c2c1cc(-c1c3ccccc3c(-c3ccc(-c4ccc5ccccc5c4)cc3)c3ccccc13)c1ccccc21. The molecule has 0 saturated heterocycles. The van der Waals surface area contributed by atoms with E-state index in [1.165, 1.54) is 132 Å². The molecule has 12 aromatic rings. The normalized spacial score (nSPS) is 13.2. The highest BCUT2D eigenvalue weighted by atomic mass is 14.5. The van der Waals surface area contributed by atoms with Crippen LogP contribution in [-0.2, 0) is 5.41 Å². The lowest BCUT2D eigenvalue weighted by Crippen LogP contribution is -2.26. The van der Waals surface area contributed by atoms with Crippen LogP contribution >= 0.6 is 0 Å². The summed E-state index contributed by atoms with van der Waals surface area (Å²) in [4.78, 5) is 0. The molecule has 0 aliphatic heterocycles. The number of fused-ring (bicyclic) bond motifs is 16. The van der Waals surface area contributed by atoms with Gasteiger partial charge in [-0.05, 0) is 156 Å². The molecule has 0 heteroatoms. The predicted molar refractivity (Wildman–Crippen MR) is 267 cm³/mol. The van der Waals surface area contributed by atoms with Gasteiger partial charge in [0.15, 0.2) is 0 Å². The standard InChI is InChI=1S/C63H38/c1-2-16-42-35-45(34-31-39(42)15-1)40-29-32-41(33-30-40)60-50-23-7-9-25-52(50)61(53-26-10-8-24-51(53)60)54-38-59-62(49-22-6-5-19-46(49)54)55-36-43-17-3-4-18-44(43)37-58(55)63(59)56-27-13-11-20-47(56)48-21-12-14-28-57(48)63/h1-38H. The van der Waals surface area contributed by atoms with Crippen LogP contribution in [0, 0.1) is 0 Å². The first-order valence-corrected chi connectivity index (χ1v) is 22.1. The molecule has 14 rings (SSSR count). The van der Waals surface area contributed by atoms with Gasteiger partial charge >= 0.3 is 0 Å². The van der Waals surface area contributed by atoms with Crippen LogP contribution in [-0.4, -0.2) is 0 Å². The topological polar surface area (TPSA) is 0 Å². The molecule has 0 nitrogen and oxygen atoms in total. The Balaban J connectivity index is 1.07. The Labute approximate surface area is 366 Å². The fraction of sp³-hybridized carbons (Fsp3) is 0.0159. The van der Waals surface area contributed by atoms with Crippen molar-refractivity contribution < 1.29 is 0 Å². The van der Waals surface area contributed by atoms with Gasteiger partial charge in [0.1, 0.15) is 0 Å². The summed E-state index contributed by atoms with van der Waals surface area (Å²) in [5, 5.41) is 12.7. The zero-order valence-electron chi connectivity index (χ0n) is 34.4.